The maximum Gasteiger partial charge on any atom is 0.163 e. The van der Waals surface area contributed by atoms with Crippen LogP contribution in [0.1, 0.15) is 79.7 Å². The second-order valence-electron chi connectivity index (χ2n) is 11.3. The molecule has 0 saturated carbocycles. The maximum absolute atomic E-state index is 14.7. The van der Waals surface area contributed by atoms with Crippen molar-refractivity contribution in [2.75, 3.05) is 0 Å². The molecule has 0 spiro atoms. The Balaban J connectivity index is 2.19. The highest BCUT2D eigenvalue weighted by Crippen LogP contribution is 2.31. The first-order valence-electron chi connectivity index (χ1n) is 10.7. The van der Waals surface area contributed by atoms with E-state index in [9.17, 15) is 4.39 Å². The number of hydrogen-bond donors (Lipinski definition) is 0. The molecule has 0 radical (unpaired) electrons. The zero-order valence-corrected chi connectivity index (χ0v) is 20.4. The van der Waals surface area contributed by atoms with Crippen LogP contribution in [-0.2, 0) is 23.3 Å². The molecule has 0 aliphatic heterocycles. The van der Waals surface area contributed by atoms with E-state index >= 15 is 0 Å². The first kappa shape index (κ1) is 23.0. The second kappa shape index (κ2) is 7.50. The Hall–Kier alpha value is -2.63. The van der Waals surface area contributed by atoms with E-state index in [1.54, 1.807) is 0 Å². The molecule has 1 aromatic carbocycles. The molecule has 0 saturated heterocycles. The minimum atomic E-state index is -0.342. The van der Waals surface area contributed by atoms with Gasteiger partial charge in [0.25, 0.3) is 0 Å². The molecule has 0 bridgehead atoms. The lowest BCUT2D eigenvalue weighted by Gasteiger charge is -2.22. The summed E-state index contributed by atoms with van der Waals surface area (Å²) in [7, 11) is 1.92. The van der Waals surface area contributed by atoms with Gasteiger partial charge in [-0.25, -0.2) is 19.3 Å². The third kappa shape index (κ3) is 5.00. The van der Waals surface area contributed by atoms with Gasteiger partial charge >= 0.3 is 0 Å². The van der Waals surface area contributed by atoms with Crippen LogP contribution in [-0.4, -0.2) is 24.7 Å². The van der Waals surface area contributed by atoms with Crippen LogP contribution < -0.4 is 0 Å². The predicted molar refractivity (Wildman–Crippen MR) is 124 cm³/mol. The molecule has 2 heterocycles. The second-order valence-corrected chi connectivity index (χ2v) is 11.3. The van der Waals surface area contributed by atoms with Crippen LogP contribution in [0.3, 0.4) is 0 Å². The van der Waals surface area contributed by atoms with E-state index < -0.39 is 0 Å². The Labute approximate surface area is 185 Å². The van der Waals surface area contributed by atoms with Crippen molar-refractivity contribution < 1.29 is 4.39 Å². The van der Waals surface area contributed by atoms with Crippen molar-refractivity contribution in [1.82, 2.24) is 24.7 Å². The fourth-order valence-corrected chi connectivity index (χ4v) is 3.35. The van der Waals surface area contributed by atoms with E-state index in [1.165, 1.54) is 12.1 Å². The molecule has 31 heavy (non-hydrogen) atoms. The van der Waals surface area contributed by atoms with E-state index in [1.807, 2.05) is 23.9 Å². The van der Waals surface area contributed by atoms with E-state index in [-0.39, 0.29) is 22.1 Å². The largest absolute Gasteiger partial charge is 0.272 e. The lowest BCUT2D eigenvalue weighted by molar-refractivity contribution is 0.497. The van der Waals surface area contributed by atoms with E-state index in [4.69, 9.17) is 15.0 Å². The first-order valence-corrected chi connectivity index (χ1v) is 10.7. The van der Waals surface area contributed by atoms with Gasteiger partial charge in [0, 0.05) is 40.1 Å². The third-order valence-electron chi connectivity index (χ3n) is 5.08. The normalized spacial score (nSPS) is 13.0. The Morgan fingerprint density at radius 1 is 0.677 bits per heavy atom. The molecule has 2 aromatic heterocycles. The van der Waals surface area contributed by atoms with Crippen molar-refractivity contribution in [1.29, 1.82) is 0 Å². The summed E-state index contributed by atoms with van der Waals surface area (Å²) in [6.07, 6.45) is 0. The van der Waals surface area contributed by atoms with Crippen molar-refractivity contribution in [3.05, 3.63) is 47.4 Å². The summed E-state index contributed by atoms with van der Waals surface area (Å²) in [4.78, 5) is 14.1. The number of hydrogen-bond acceptors (Lipinski definition) is 4. The van der Waals surface area contributed by atoms with Crippen LogP contribution in [0.15, 0.2) is 24.3 Å². The topological polar surface area (TPSA) is 56.5 Å². The molecular weight excluding hydrogens is 389 g/mol. The molecule has 0 amide bonds. The molecule has 0 fully saturated rings. The van der Waals surface area contributed by atoms with E-state index in [0.717, 1.165) is 11.4 Å². The number of nitrogens with zero attached hydrogens (tertiary/aromatic N) is 5. The molecule has 3 aromatic rings. The van der Waals surface area contributed by atoms with Gasteiger partial charge in [0.2, 0.25) is 0 Å². The number of aromatic nitrogens is 5. The van der Waals surface area contributed by atoms with Gasteiger partial charge in [0.05, 0.1) is 5.69 Å². The van der Waals surface area contributed by atoms with Gasteiger partial charge in [0.1, 0.15) is 17.5 Å². The third-order valence-corrected chi connectivity index (χ3v) is 5.08. The van der Waals surface area contributed by atoms with Gasteiger partial charge in [-0.2, -0.15) is 5.10 Å². The van der Waals surface area contributed by atoms with Crippen LogP contribution in [0, 0.1) is 5.82 Å². The Kier molecular flexibility index (Phi) is 5.58. The zero-order valence-electron chi connectivity index (χ0n) is 20.4. The summed E-state index contributed by atoms with van der Waals surface area (Å²) in [5.74, 6) is 1.53. The molecule has 0 aliphatic carbocycles. The summed E-state index contributed by atoms with van der Waals surface area (Å²) >= 11 is 0. The van der Waals surface area contributed by atoms with Gasteiger partial charge in [-0.1, -0.05) is 62.3 Å². The number of halogens is 1. The number of rotatable bonds is 2. The monoisotopic (exact) mass is 423 g/mol. The van der Waals surface area contributed by atoms with Gasteiger partial charge in [-0.05, 0) is 24.3 Å². The fourth-order valence-electron chi connectivity index (χ4n) is 3.35. The van der Waals surface area contributed by atoms with Gasteiger partial charge in [-0.15, -0.1) is 0 Å². The van der Waals surface area contributed by atoms with Gasteiger partial charge in [0.15, 0.2) is 5.82 Å². The fraction of sp³-hybridized carbons (Fsp3) is 0.520. The van der Waals surface area contributed by atoms with Gasteiger partial charge < -0.3 is 0 Å². The summed E-state index contributed by atoms with van der Waals surface area (Å²) in [6, 6.07) is 6.92. The molecule has 166 valence electrons. The molecule has 6 heteroatoms. The van der Waals surface area contributed by atoms with Crippen molar-refractivity contribution >= 4 is 0 Å². The molecule has 5 nitrogen and oxygen atoms in total. The molecule has 0 N–H and O–H groups in total. The highest BCUT2D eigenvalue weighted by atomic mass is 19.1. The summed E-state index contributed by atoms with van der Waals surface area (Å²) in [5.41, 5.74) is 2.57. The van der Waals surface area contributed by atoms with Crippen LogP contribution in [0.2, 0.25) is 0 Å². The quantitative estimate of drug-likeness (QED) is 0.509. The van der Waals surface area contributed by atoms with Crippen LogP contribution in [0.25, 0.3) is 22.6 Å². The molecule has 0 aliphatic rings. The predicted octanol–water partition coefficient (Wildman–Crippen LogP) is 5.97. The van der Waals surface area contributed by atoms with Crippen molar-refractivity contribution in [3.8, 4) is 22.6 Å². The summed E-state index contributed by atoms with van der Waals surface area (Å²) in [5, 5.41) is 4.63. The van der Waals surface area contributed by atoms with Crippen LogP contribution >= 0.6 is 0 Å². The van der Waals surface area contributed by atoms with Crippen molar-refractivity contribution in [2.45, 2.75) is 78.6 Å². The first-order chi connectivity index (χ1) is 14.1. The smallest absolute Gasteiger partial charge is 0.163 e. The minimum absolute atomic E-state index is 0.0619. The highest BCUT2D eigenvalue weighted by molar-refractivity contribution is 5.68. The van der Waals surface area contributed by atoms with Crippen LogP contribution in [0.4, 0.5) is 4.39 Å². The minimum Gasteiger partial charge on any atom is -0.272 e. The number of aryl methyl sites for hydroxylation is 1. The lowest BCUT2D eigenvalue weighted by Crippen LogP contribution is -2.24. The number of benzene rings is 1. The molecule has 0 atom stereocenters. The zero-order chi connectivity index (χ0) is 23.4. The van der Waals surface area contributed by atoms with Crippen molar-refractivity contribution in [2.24, 2.45) is 7.05 Å². The van der Waals surface area contributed by atoms with E-state index in [2.05, 4.69) is 67.4 Å². The van der Waals surface area contributed by atoms with Gasteiger partial charge in [-0.3, -0.25) is 4.68 Å². The van der Waals surface area contributed by atoms with Crippen LogP contribution in [0.5, 0.6) is 0 Å². The van der Waals surface area contributed by atoms with E-state index in [0.29, 0.717) is 28.6 Å². The molecule has 3 rings (SSSR count). The SMILES string of the molecule is Cn1nc(-c2cc(F)cc(-c3nc(C(C)(C)C)nc(C(C)(C)C)n3)c2)cc1C(C)(C)C. The molecule has 0 unspecified atom stereocenters. The average molecular weight is 424 g/mol. The summed E-state index contributed by atoms with van der Waals surface area (Å²) < 4.78 is 16.6. The Bertz CT molecular complexity index is 1080. The Morgan fingerprint density at radius 2 is 1.19 bits per heavy atom. The molecular formula is C25H34FN5. The lowest BCUT2D eigenvalue weighted by atomic mass is 9.91. The summed E-state index contributed by atoms with van der Waals surface area (Å²) in [6.45, 7) is 18.8. The maximum atomic E-state index is 14.7. The Morgan fingerprint density at radius 3 is 1.65 bits per heavy atom. The van der Waals surface area contributed by atoms with Crippen molar-refractivity contribution in [3.63, 3.8) is 0 Å². The highest BCUT2D eigenvalue weighted by Gasteiger charge is 2.26. The average Bonchev–Trinajstić information content (AvgIpc) is 3.01. The standard InChI is InChI=1S/C25H34FN5/c1-23(2,3)19-14-18(30-31(19)10)15-11-16(13-17(26)12-15)20-27-21(24(4,5)6)29-22(28-20)25(7,8)9/h11-14H,1-10H3.